The summed E-state index contributed by atoms with van der Waals surface area (Å²) in [5.74, 6) is -0.572. The number of hydrogen-bond donors (Lipinski definition) is 7. The Balaban J connectivity index is 0.000000364. The lowest BCUT2D eigenvalue weighted by atomic mass is 10.5. The zero-order valence-electron chi connectivity index (χ0n) is 11.0. The van der Waals surface area contributed by atoms with Crippen molar-refractivity contribution in [2.24, 2.45) is 11.5 Å². The van der Waals surface area contributed by atoms with Crippen LogP contribution in [0.4, 0.5) is 11.9 Å². The lowest BCUT2D eigenvalue weighted by Crippen LogP contribution is -2.30. The smallest absolute Gasteiger partial charge is 0.274 e. The molecule has 0 atom stereocenters. The van der Waals surface area contributed by atoms with Crippen LogP contribution >= 0.6 is 12.4 Å². The summed E-state index contributed by atoms with van der Waals surface area (Å²) >= 11 is 0. The Kier molecular flexibility index (Phi) is 5.95. The van der Waals surface area contributed by atoms with E-state index in [9.17, 15) is 4.79 Å². The Hall–Kier alpha value is -3.02. The summed E-state index contributed by atoms with van der Waals surface area (Å²) < 4.78 is 1.91. The van der Waals surface area contributed by atoms with Gasteiger partial charge in [-0.15, -0.1) is 17.5 Å². The van der Waals surface area contributed by atoms with Crippen molar-refractivity contribution in [2.75, 3.05) is 11.5 Å². The molecule has 2 aromatic heterocycles. The highest BCUT2D eigenvalue weighted by Gasteiger charge is 2.04. The Morgan fingerprint density at radius 1 is 1.29 bits per heavy atom. The van der Waals surface area contributed by atoms with Crippen LogP contribution in [0.1, 0.15) is 5.69 Å². The van der Waals surface area contributed by atoms with Crippen molar-refractivity contribution in [1.82, 2.24) is 24.5 Å². The Bertz CT molecular complexity index is 695. The van der Waals surface area contributed by atoms with Crippen molar-refractivity contribution < 1.29 is 0 Å². The normalized spacial score (nSPS) is 9.19. The van der Waals surface area contributed by atoms with Gasteiger partial charge in [-0.3, -0.25) is 20.7 Å². The molecule has 0 fully saturated rings. The lowest BCUT2D eigenvalue weighted by Gasteiger charge is -1.94. The maximum absolute atomic E-state index is 10.8. The van der Waals surface area contributed by atoms with Crippen LogP contribution in [-0.4, -0.2) is 36.5 Å². The summed E-state index contributed by atoms with van der Waals surface area (Å²) in [5, 5.41) is 19.9. The highest BCUT2D eigenvalue weighted by molar-refractivity contribution is 5.85. The van der Waals surface area contributed by atoms with Gasteiger partial charge >= 0.3 is 0 Å². The largest absolute Gasteiger partial charge is 0.368 e. The minimum absolute atomic E-state index is 0. The fourth-order valence-electron chi connectivity index (χ4n) is 1.21. The first-order chi connectivity index (χ1) is 9.22. The van der Waals surface area contributed by atoms with Crippen molar-refractivity contribution in [3.8, 4) is 0 Å². The molecule has 0 aliphatic heterocycles. The number of rotatable bonds is 0. The molecule has 0 aliphatic carbocycles. The van der Waals surface area contributed by atoms with Crippen LogP contribution in [0.2, 0.25) is 0 Å². The summed E-state index contributed by atoms with van der Waals surface area (Å²) in [6.07, 6.45) is 0. The lowest BCUT2D eigenvalue weighted by molar-refractivity contribution is 0.865. The number of halogens is 1. The van der Waals surface area contributed by atoms with Crippen LogP contribution in [0, 0.1) is 17.7 Å². The number of aromatic nitrogens is 5. The zero-order valence-corrected chi connectivity index (χ0v) is 11.8. The quantitative estimate of drug-likeness (QED) is 0.210. The maximum Gasteiger partial charge on any atom is 0.274 e. The molecular formula is C8H16ClN11O. The highest BCUT2D eigenvalue weighted by atomic mass is 35.5. The summed E-state index contributed by atoms with van der Waals surface area (Å²) in [5.41, 5.74) is 20.8. The monoisotopic (exact) mass is 317 g/mol. The number of anilines is 2. The van der Waals surface area contributed by atoms with Gasteiger partial charge in [-0.25, -0.2) is 0 Å². The van der Waals surface area contributed by atoms with Crippen LogP contribution in [0.15, 0.2) is 10.9 Å². The van der Waals surface area contributed by atoms with E-state index < -0.39 is 0 Å². The molecule has 0 saturated heterocycles. The van der Waals surface area contributed by atoms with Crippen LogP contribution < -0.4 is 28.5 Å². The third-order valence-corrected chi connectivity index (χ3v) is 1.97. The molecule has 0 spiro atoms. The highest BCUT2D eigenvalue weighted by Crippen LogP contribution is 1.97. The molecule has 13 heteroatoms. The maximum atomic E-state index is 10.8. The Morgan fingerprint density at radius 2 is 1.86 bits per heavy atom. The topological polar surface area (TPSA) is 220 Å². The van der Waals surface area contributed by atoms with Gasteiger partial charge in [0.2, 0.25) is 23.8 Å². The van der Waals surface area contributed by atoms with Crippen molar-refractivity contribution in [3.05, 3.63) is 22.1 Å². The SMILES string of the molecule is Cc1cc(=O)n(C(=N)N)[nH]1.Cl.N=C(N)n1nc(N)nc1N. The van der Waals surface area contributed by atoms with E-state index in [4.69, 9.17) is 33.8 Å². The van der Waals surface area contributed by atoms with E-state index in [0.29, 0.717) is 5.69 Å². The van der Waals surface area contributed by atoms with E-state index in [-0.39, 0.29) is 41.8 Å². The number of H-pyrrole nitrogens is 1. The van der Waals surface area contributed by atoms with Crippen molar-refractivity contribution in [2.45, 2.75) is 6.92 Å². The molecule has 0 bridgehead atoms. The molecule has 2 aromatic rings. The number of nitrogens with zero attached hydrogens (tertiary/aromatic N) is 4. The molecule has 116 valence electrons. The van der Waals surface area contributed by atoms with Gasteiger partial charge in [0.15, 0.2) is 0 Å². The van der Waals surface area contributed by atoms with E-state index in [0.717, 1.165) is 9.36 Å². The average molecular weight is 318 g/mol. The van der Waals surface area contributed by atoms with Crippen molar-refractivity contribution in [1.29, 1.82) is 10.8 Å². The third kappa shape index (κ3) is 4.54. The predicted octanol–water partition coefficient (Wildman–Crippen LogP) is -2.17. The molecule has 21 heavy (non-hydrogen) atoms. The number of nitrogens with two attached hydrogens (primary N) is 4. The molecule has 0 radical (unpaired) electrons. The molecule has 12 nitrogen and oxygen atoms in total. The van der Waals surface area contributed by atoms with E-state index in [1.807, 2.05) is 0 Å². The first-order valence-corrected chi connectivity index (χ1v) is 5.18. The van der Waals surface area contributed by atoms with E-state index >= 15 is 0 Å². The Morgan fingerprint density at radius 3 is 2.05 bits per heavy atom. The van der Waals surface area contributed by atoms with Gasteiger partial charge in [0.25, 0.3) is 5.56 Å². The minimum Gasteiger partial charge on any atom is -0.368 e. The third-order valence-electron chi connectivity index (χ3n) is 1.97. The number of hydrogen-bond acceptors (Lipinski definition) is 7. The average Bonchev–Trinajstić information content (AvgIpc) is 2.82. The molecule has 2 heterocycles. The molecular weight excluding hydrogens is 302 g/mol. The molecule has 11 N–H and O–H groups in total. The van der Waals surface area contributed by atoms with Crippen LogP contribution in [-0.2, 0) is 0 Å². The van der Waals surface area contributed by atoms with Crippen molar-refractivity contribution in [3.63, 3.8) is 0 Å². The molecule has 0 aliphatic rings. The zero-order chi connectivity index (χ0) is 15.4. The van der Waals surface area contributed by atoms with Gasteiger partial charge < -0.3 is 22.9 Å². The number of aryl methyl sites for hydroxylation is 1. The number of nitrogen functional groups attached to an aromatic ring is 4. The summed E-state index contributed by atoms with van der Waals surface area (Å²) in [6, 6.07) is 1.38. The van der Waals surface area contributed by atoms with Crippen LogP contribution in [0.5, 0.6) is 0 Å². The fraction of sp³-hybridized carbons (Fsp3) is 0.125. The van der Waals surface area contributed by atoms with Gasteiger partial charge in [-0.1, -0.05) is 0 Å². The second-order valence-electron chi connectivity index (χ2n) is 3.62. The number of aromatic amines is 1. The van der Waals surface area contributed by atoms with E-state index in [1.54, 1.807) is 6.92 Å². The summed E-state index contributed by atoms with van der Waals surface area (Å²) in [7, 11) is 0. The molecule has 0 amide bonds. The second kappa shape index (κ2) is 6.95. The Labute approximate surface area is 124 Å². The first-order valence-electron chi connectivity index (χ1n) is 5.18. The van der Waals surface area contributed by atoms with E-state index in [2.05, 4.69) is 15.2 Å². The molecule has 0 aromatic carbocycles. The second-order valence-corrected chi connectivity index (χ2v) is 3.62. The molecule has 0 saturated carbocycles. The number of nitrogens with one attached hydrogen (secondary N) is 3. The minimum atomic E-state index is -0.304. The van der Waals surface area contributed by atoms with Crippen LogP contribution in [0.3, 0.4) is 0 Å². The fourth-order valence-corrected chi connectivity index (χ4v) is 1.21. The van der Waals surface area contributed by atoms with Gasteiger partial charge in [0.05, 0.1) is 0 Å². The van der Waals surface area contributed by atoms with Crippen LogP contribution in [0.25, 0.3) is 0 Å². The van der Waals surface area contributed by atoms with Gasteiger partial charge in [0.1, 0.15) is 0 Å². The van der Waals surface area contributed by atoms with E-state index in [1.165, 1.54) is 6.07 Å². The van der Waals surface area contributed by atoms with Gasteiger partial charge in [-0.05, 0) is 6.92 Å². The first kappa shape index (κ1) is 18.0. The summed E-state index contributed by atoms with van der Waals surface area (Å²) in [6.45, 7) is 1.72. The standard InChI is InChI=1S/C5H8N4O.C3H7N7.ClH/c1-3-2-4(10)9(8-3)5(6)7;4-1(5)10-3(7)8-2(6)9-10;/h2,8H,1H3,(H3,6,7);(H3,4,5)(H4,6,7,8,9);1H. The van der Waals surface area contributed by atoms with Gasteiger partial charge in [0, 0.05) is 11.8 Å². The van der Waals surface area contributed by atoms with Crippen molar-refractivity contribution >= 4 is 36.2 Å². The molecule has 2 rings (SSSR count). The summed E-state index contributed by atoms with van der Waals surface area (Å²) in [4.78, 5) is 14.3. The predicted molar refractivity (Wildman–Crippen MR) is 80.5 cm³/mol. The molecule has 0 unspecified atom stereocenters. The van der Waals surface area contributed by atoms with Gasteiger partial charge in [-0.2, -0.15) is 14.3 Å².